The number of hydrogen-bond donors (Lipinski definition) is 2. The predicted octanol–water partition coefficient (Wildman–Crippen LogP) is 3.43. The summed E-state index contributed by atoms with van der Waals surface area (Å²) in [6, 6.07) is 6.40. The summed E-state index contributed by atoms with van der Waals surface area (Å²) in [7, 11) is 1.82. The molecule has 3 rings (SSSR count). The van der Waals surface area contributed by atoms with Crippen molar-refractivity contribution in [2.75, 3.05) is 53.0 Å². The van der Waals surface area contributed by atoms with Gasteiger partial charge in [0.2, 0.25) is 0 Å². The first kappa shape index (κ1) is 25.2. The Morgan fingerprint density at radius 1 is 1.30 bits per heavy atom. The molecule has 0 aliphatic carbocycles. The van der Waals surface area contributed by atoms with E-state index >= 15 is 0 Å². The standard InChI is InChI=1S/C23H38N4O2.HI/c1-18-6-7-21(22(13-18)29-17-20-8-12-28-16-20)14-26-23(24-3)25-9-11-27-10-4-5-19(2)15-27;/h6-7,13,19-20H,4-5,8-12,14-17H2,1-3H3,(H2,24,25,26);1H. The Labute approximate surface area is 199 Å². The molecule has 2 saturated heterocycles. The molecule has 2 heterocycles. The van der Waals surface area contributed by atoms with Crippen LogP contribution >= 0.6 is 24.0 Å². The molecule has 7 heteroatoms. The molecule has 170 valence electrons. The lowest BCUT2D eigenvalue weighted by atomic mass is 10.0. The third-order valence-corrected chi connectivity index (χ3v) is 5.85. The van der Waals surface area contributed by atoms with E-state index in [4.69, 9.17) is 9.47 Å². The Morgan fingerprint density at radius 3 is 2.90 bits per heavy atom. The maximum absolute atomic E-state index is 6.15. The van der Waals surface area contributed by atoms with Crippen LogP contribution < -0.4 is 15.4 Å². The SMILES string of the molecule is CN=C(NCCN1CCCC(C)C1)NCc1ccc(C)cc1OCC1CCOC1.I. The van der Waals surface area contributed by atoms with Crippen LogP contribution in [0.2, 0.25) is 0 Å². The molecule has 0 spiro atoms. The van der Waals surface area contributed by atoms with Crippen LogP contribution in [0.3, 0.4) is 0 Å². The van der Waals surface area contributed by atoms with Gasteiger partial charge in [0.25, 0.3) is 0 Å². The molecular weight excluding hydrogens is 491 g/mol. The van der Waals surface area contributed by atoms with Gasteiger partial charge in [0.05, 0.1) is 13.2 Å². The molecule has 1 aromatic carbocycles. The Bertz CT molecular complexity index is 665. The van der Waals surface area contributed by atoms with Gasteiger partial charge >= 0.3 is 0 Å². The summed E-state index contributed by atoms with van der Waals surface area (Å²) in [6.45, 7) is 11.9. The number of aryl methyl sites for hydroxylation is 1. The number of guanidine groups is 1. The van der Waals surface area contributed by atoms with Crippen LogP contribution in [0.25, 0.3) is 0 Å². The summed E-state index contributed by atoms with van der Waals surface area (Å²) in [5.74, 6) is 3.12. The van der Waals surface area contributed by atoms with Gasteiger partial charge in [0.15, 0.2) is 5.96 Å². The highest BCUT2D eigenvalue weighted by Crippen LogP contribution is 2.22. The number of piperidine rings is 1. The minimum Gasteiger partial charge on any atom is -0.493 e. The van der Waals surface area contributed by atoms with Gasteiger partial charge in [0, 0.05) is 51.3 Å². The van der Waals surface area contributed by atoms with Gasteiger partial charge in [-0.3, -0.25) is 4.99 Å². The molecule has 2 atom stereocenters. The summed E-state index contributed by atoms with van der Waals surface area (Å²) >= 11 is 0. The van der Waals surface area contributed by atoms with Crippen LogP contribution in [0.5, 0.6) is 5.75 Å². The monoisotopic (exact) mass is 530 g/mol. The van der Waals surface area contributed by atoms with E-state index in [0.717, 1.165) is 62.5 Å². The van der Waals surface area contributed by atoms with Crippen molar-refractivity contribution in [3.8, 4) is 5.75 Å². The van der Waals surface area contributed by atoms with E-state index in [1.54, 1.807) is 0 Å². The van der Waals surface area contributed by atoms with Gasteiger partial charge in [-0.15, -0.1) is 24.0 Å². The van der Waals surface area contributed by atoms with Crippen molar-refractivity contribution in [3.63, 3.8) is 0 Å². The zero-order chi connectivity index (χ0) is 20.5. The van der Waals surface area contributed by atoms with E-state index in [0.29, 0.717) is 12.5 Å². The normalized spacial score (nSPS) is 22.4. The average Bonchev–Trinajstić information content (AvgIpc) is 3.23. The first-order valence-corrected chi connectivity index (χ1v) is 11.1. The lowest BCUT2D eigenvalue weighted by Gasteiger charge is -2.30. The fourth-order valence-electron chi connectivity index (χ4n) is 4.09. The quantitative estimate of drug-likeness (QED) is 0.307. The Morgan fingerprint density at radius 2 is 2.17 bits per heavy atom. The number of nitrogens with one attached hydrogen (secondary N) is 2. The molecule has 2 aliphatic rings. The second-order valence-electron chi connectivity index (χ2n) is 8.55. The minimum absolute atomic E-state index is 0. The summed E-state index contributed by atoms with van der Waals surface area (Å²) in [5, 5.41) is 6.88. The van der Waals surface area contributed by atoms with Crippen LogP contribution in [0.15, 0.2) is 23.2 Å². The van der Waals surface area contributed by atoms with Crippen LogP contribution in [-0.4, -0.2) is 63.9 Å². The fourth-order valence-corrected chi connectivity index (χ4v) is 4.09. The smallest absolute Gasteiger partial charge is 0.191 e. The molecule has 6 nitrogen and oxygen atoms in total. The number of rotatable bonds is 8. The molecule has 2 aliphatic heterocycles. The largest absolute Gasteiger partial charge is 0.493 e. The molecule has 0 amide bonds. The number of halogens is 1. The van der Waals surface area contributed by atoms with Crippen LogP contribution in [0.4, 0.5) is 0 Å². The first-order valence-electron chi connectivity index (χ1n) is 11.1. The molecule has 2 fully saturated rings. The first-order chi connectivity index (χ1) is 14.1. The second kappa shape index (κ2) is 13.4. The Balaban J connectivity index is 0.00000320. The van der Waals surface area contributed by atoms with Crippen molar-refractivity contribution < 1.29 is 9.47 Å². The molecule has 0 aromatic heterocycles. The van der Waals surface area contributed by atoms with E-state index in [9.17, 15) is 0 Å². The molecule has 2 unspecified atom stereocenters. The maximum Gasteiger partial charge on any atom is 0.191 e. The highest BCUT2D eigenvalue weighted by Gasteiger charge is 2.17. The third kappa shape index (κ3) is 8.23. The summed E-state index contributed by atoms with van der Waals surface area (Å²) in [6.07, 6.45) is 3.77. The van der Waals surface area contributed by atoms with Crippen molar-refractivity contribution in [3.05, 3.63) is 29.3 Å². The Hall–Kier alpha value is -1.06. The predicted molar refractivity (Wildman–Crippen MR) is 134 cm³/mol. The maximum atomic E-state index is 6.15. The van der Waals surface area contributed by atoms with Crippen LogP contribution in [-0.2, 0) is 11.3 Å². The number of aliphatic imine (C=N–C) groups is 1. The lowest BCUT2D eigenvalue weighted by molar-refractivity contribution is 0.166. The van der Waals surface area contributed by atoms with Crippen molar-refractivity contribution in [2.45, 2.75) is 39.7 Å². The van der Waals surface area contributed by atoms with Crippen molar-refractivity contribution in [2.24, 2.45) is 16.8 Å². The van der Waals surface area contributed by atoms with Crippen molar-refractivity contribution >= 4 is 29.9 Å². The molecule has 1 aromatic rings. The average molecular weight is 530 g/mol. The molecule has 0 radical (unpaired) electrons. The highest BCUT2D eigenvalue weighted by molar-refractivity contribution is 14.0. The van der Waals surface area contributed by atoms with Crippen molar-refractivity contribution in [1.29, 1.82) is 0 Å². The molecule has 30 heavy (non-hydrogen) atoms. The van der Waals surface area contributed by atoms with E-state index in [2.05, 4.69) is 52.6 Å². The van der Waals surface area contributed by atoms with Crippen molar-refractivity contribution in [1.82, 2.24) is 15.5 Å². The molecular formula is C23H39IN4O2. The zero-order valence-electron chi connectivity index (χ0n) is 18.8. The number of ether oxygens (including phenoxy) is 2. The summed E-state index contributed by atoms with van der Waals surface area (Å²) in [4.78, 5) is 6.92. The van der Waals surface area contributed by atoms with E-state index < -0.39 is 0 Å². The number of hydrogen-bond acceptors (Lipinski definition) is 4. The lowest BCUT2D eigenvalue weighted by Crippen LogP contribution is -2.43. The van der Waals surface area contributed by atoms with Crippen LogP contribution in [0, 0.1) is 18.8 Å². The van der Waals surface area contributed by atoms with Gasteiger partial charge in [-0.1, -0.05) is 19.1 Å². The number of nitrogens with zero attached hydrogens (tertiary/aromatic N) is 2. The Kier molecular flexibility index (Phi) is 11.2. The molecule has 0 bridgehead atoms. The van der Waals surface area contributed by atoms with E-state index in [-0.39, 0.29) is 24.0 Å². The molecule has 0 saturated carbocycles. The fraction of sp³-hybridized carbons (Fsp3) is 0.696. The van der Waals surface area contributed by atoms with Gasteiger partial charge in [-0.05, 0) is 50.3 Å². The summed E-state index contributed by atoms with van der Waals surface area (Å²) < 4.78 is 11.6. The van der Waals surface area contributed by atoms with E-state index in [1.165, 1.54) is 31.5 Å². The zero-order valence-corrected chi connectivity index (χ0v) is 21.1. The topological polar surface area (TPSA) is 58.1 Å². The minimum atomic E-state index is 0. The third-order valence-electron chi connectivity index (χ3n) is 5.85. The van der Waals surface area contributed by atoms with Crippen LogP contribution in [0.1, 0.15) is 37.3 Å². The van der Waals surface area contributed by atoms with Gasteiger partial charge < -0.3 is 25.0 Å². The van der Waals surface area contributed by atoms with Gasteiger partial charge in [-0.2, -0.15) is 0 Å². The number of benzene rings is 1. The van der Waals surface area contributed by atoms with E-state index in [1.807, 2.05) is 7.05 Å². The second-order valence-corrected chi connectivity index (χ2v) is 8.55. The number of likely N-dealkylation sites (tertiary alicyclic amines) is 1. The van der Waals surface area contributed by atoms with Gasteiger partial charge in [0.1, 0.15) is 5.75 Å². The highest BCUT2D eigenvalue weighted by atomic mass is 127. The van der Waals surface area contributed by atoms with Gasteiger partial charge in [-0.25, -0.2) is 0 Å². The summed E-state index contributed by atoms with van der Waals surface area (Å²) in [5.41, 5.74) is 2.37. The molecule has 2 N–H and O–H groups in total.